The van der Waals surface area contributed by atoms with E-state index in [1.54, 1.807) is 6.92 Å². The second kappa shape index (κ2) is 11.5. The number of nitrogens with zero attached hydrogens (tertiary/aromatic N) is 1. The first-order chi connectivity index (χ1) is 15.9. The molecule has 6 nitrogen and oxygen atoms in total. The molecule has 3 aromatic rings. The monoisotopic (exact) mass is 447 g/mol. The molecule has 0 fully saturated rings. The molecule has 174 valence electrons. The molecule has 1 heterocycles. The Labute approximate surface area is 195 Å². The molecule has 0 aliphatic heterocycles. The summed E-state index contributed by atoms with van der Waals surface area (Å²) in [5.41, 5.74) is 3.72. The van der Waals surface area contributed by atoms with Crippen LogP contribution in [0.2, 0.25) is 0 Å². The Morgan fingerprint density at radius 3 is 2.48 bits per heavy atom. The van der Waals surface area contributed by atoms with Crippen LogP contribution in [0.3, 0.4) is 0 Å². The summed E-state index contributed by atoms with van der Waals surface area (Å²) in [7, 11) is 0. The molecule has 33 heavy (non-hydrogen) atoms. The van der Waals surface area contributed by atoms with Gasteiger partial charge in [-0.3, -0.25) is 9.59 Å². The fourth-order valence-corrected chi connectivity index (χ4v) is 3.76. The molecule has 2 N–H and O–H groups in total. The molecule has 6 heteroatoms. The van der Waals surface area contributed by atoms with Gasteiger partial charge >= 0.3 is 5.97 Å². The zero-order valence-corrected chi connectivity index (χ0v) is 19.9. The second-order valence-corrected chi connectivity index (χ2v) is 8.61. The number of hydrogen-bond donors (Lipinski definition) is 2. The van der Waals surface area contributed by atoms with Crippen molar-refractivity contribution in [2.24, 2.45) is 5.92 Å². The van der Waals surface area contributed by atoms with E-state index in [2.05, 4.69) is 43.5 Å². The van der Waals surface area contributed by atoms with Gasteiger partial charge in [0.15, 0.2) is 0 Å². The van der Waals surface area contributed by atoms with Crippen molar-refractivity contribution in [2.45, 2.75) is 46.6 Å². The number of anilines is 1. The maximum atomic E-state index is 12.4. The Balaban J connectivity index is 1.72. The molecule has 1 unspecified atom stereocenters. The van der Waals surface area contributed by atoms with Crippen LogP contribution >= 0.6 is 0 Å². The van der Waals surface area contributed by atoms with Gasteiger partial charge in [0.1, 0.15) is 5.82 Å². The summed E-state index contributed by atoms with van der Waals surface area (Å²) >= 11 is 0. The Kier molecular flexibility index (Phi) is 8.41. The van der Waals surface area contributed by atoms with Crippen LogP contribution in [0.1, 0.15) is 61.1 Å². The van der Waals surface area contributed by atoms with Gasteiger partial charge in [-0.1, -0.05) is 44.2 Å². The smallest absolute Gasteiger partial charge is 0.307 e. The van der Waals surface area contributed by atoms with Crippen molar-refractivity contribution in [3.05, 3.63) is 71.3 Å². The van der Waals surface area contributed by atoms with Gasteiger partial charge in [0.2, 0.25) is 0 Å². The lowest BCUT2D eigenvalue weighted by Crippen LogP contribution is -2.26. The van der Waals surface area contributed by atoms with Gasteiger partial charge < -0.3 is 15.4 Å². The Bertz CT molecular complexity index is 1090. The summed E-state index contributed by atoms with van der Waals surface area (Å²) in [6.07, 6.45) is 1.09. The van der Waals surface area contributed by atoms with Crippen LogP contribution < -0.4 is 10.6 Å². The van der Waals surface area contributed by atoms with Crippen LogP contribution in [-0.2, 0) is 9.53 Å². The molecule has 0 bridgehead atoms. The van der Waals surface area contributed by atoms with Crippen molar-refractivity contribution in [1.29, 1.82) is 0 Å². The summed E-state index contributed by atoms with van der Waals surface area (Å²) < 4.78 is 4.88. The summed E-state index contributed by atoms with van der Waals surface area (Å²) in [5.74, 6) is 0.842. The van der Waals surface area contributed by atoms with Crippen molar-refractivity contribution in [3.8, 4) is 0 Å². The largest absolute Gasteiger partial charge is 0.466 e. The highest BCUT2D eigenvalue weighted by Crippen LogP contribution is 2.28. The molecule has 1 amide bonds. The predicted octanol–water partition coefficient (Wildman–Crippen LogP) is 5.43. The number of amides is 1. The average molecular weight is 448 g/mol. The topological polar surface area (TPSA) is 80.3 Å². The summed E-state index contributed by atoms with van der Waals surface area (Å²) in [6, 6.07) is 17.9. The predicted molar refractivity (Wildman–Crippen MR) is 132 cm³/mol. The number of fused-ring (bicyclic) bond motifs is 1. The molecule has 0 radical (unpaired) electrons. The van der Waals surface area contributed by atoms with Gasteiger partial charge in [0.25, 0.3) is 5.91 Å². The van der Waals surface area contributed by atoms with Crippen LogP contribution in [0, 0.1) is 12.8 Å². The van der Waals surface area contributed by atoms with Crippen LogP contribution in [0.25, 0.3) is 10.9 Å². The van der Waals surface area contributed by atoms with Crippen LogP contribution in [0.5, 0.6) is 0 Å². The maximum Gasteiger partial charge on any atom is 0.307 e. The molecule has 0 spiro atoms. The van der Waals surface area contributed by atoms with Crippen molar-refractivity contribution >= 4 is 28.6 Å². The number of carbonyl (C=O) groups excluding carboxylic acids is 2. The number of ether oxygens (including phenoxy) is 1. The first kappa shape index (κ1) is 24.2. The molecule has 1 atom stereocenters. The van der Waals surface area contributed by atoms with Gasteiger partial charge in [-0.05, 0) is 61.6 Å². The van der Waals surface area contributed by atoms with Gasteiger partial charge in [-0.2, -0.15) is 0 Å². The number of nitrogens with one attached hydrogen (secondary N) is 2. The standard InChI is InChI=1S/C27H33N3O3/c1-5-33-25(31)14-15-28-27(32)21-12-10-20(11-13-21)24(16-18(2)3)30-26-19(4)17-22-8-6-7-9-23(22)29-26/h6-13,17-18,24H,5,14-16H2,1-4H3,(H,28,32)(H,29,30). The summed E-state index contributed by atoms with van der Waals surface area (Å²) in [4.78, 5) is 28.7. The second-order valence-electron chi connectivity index (χ2n) is 8.61. The van der Waals surface area contributed by atoms with Gasteiger partial charge in [-0.15, -0.1) is 0 Å². The summed E-state index contributed by atoms with van der Waals surface area (Å²) in [6.45, 7) is 8.81. The van der Waals surface area contributed by atoms with E-state index in [4.69, 9.17) is 9.72 Å². The van der Waals surface area contributed by atoms with Gasteiger partial charge in [0, 0.05) is 17.5 Å². The molecule has 0 saturated heterocycles. The number of pyridine rings is 1. The van der Waals surface area contributed by atoms with E-state index in [1.807, 2.05) is 42.5 Å². The zero-order valence-electron chi connectivity index (χ0n) is 19.9. The normalized spacial score (nSPS) is 11.9. The van der Waals surface area contributed by atoms with Crippen molar-refractivity contribution in [3.63, 3.8) is 0 Å². The van der Waals surface area contributed by atoms with Crippen molar-refractivity contribution in [2.75, 3.05) is 18.5 Å². The van der Waals surface area contributed by atoms with E-state index < -0.39 is 0 Å². The number of benzene rings is 2. The molecule has 0 aliphatic rings. The number of esters is 1. The number of rotatable bonds is 10. The highest BCUT2D eigenvalue weighted by molar-refractivity contribution is 5.94. The molecule has 0 saturated carbocycles. The third-order valence-corrected chi connectivity index (χ3v) is 5.43. The number of para-hydroxylation sites is 1. The molecular weight excluding hydrogens is 414 g/mol. The Hall–Kier alpha value is -3.41. The fraction of sp³-hybridized carbons (Fsp3) is 0.370. The van der Waals surface area contributed by atoms with Crippen molar-refractivity contribution < 1.29 is 14.3 Å². The highest BCUT2D eigenvalue weighted by atomic mass is 16.5. The van der Waals surface area contributed by atoms with E-state index in [-0.39, 0.29) is 30.9 Å². The van der Waals surface area contributed by atoms with Gasteiger partial charge in [0.05, 0.1) is 24.6 Å². The number of carbonyl (C=O) groups is 2. The minimum Gasteiger partial charge on any atom is -0.466 e. The first-order valence-electron chi connectivity index (χ1n) is 11.5. The lowest BCUT2D eigenvalue weighted by molar-refractivity contribution is -0.142. The zero-order chi connectivity index (χ0) is 23.8. The minimum atomic E-state index is -0.312. The van der Waals surface area contributed by atoms with Crippen LogP contribution in [0.15, 0.2) is 54.6 Å². The SMILES string of the molecule is CCOC(=O)CCNC(=O)c1ccc(C(CC(C)C)Nc2nc3ccccc3cc2C)cc1. The molecule has 2 aromatic carbocycles. The van der Waals surface area contributed by atoms with E-state index in [1.165, 1.54) is 0 Å². The quantitative estimate of drug-likeness (QED) is 0.405. The maximum absolute atomic E-state index is 12.4. The van der Waals surface area contributed by atoms with E-state index in [0.717, 1.165) is 34.3 Å². The van der Waals surface area contributed by atoms with Crippen LogP contribution in [0.4, 0.5) is 5.82 Å². The third kappa shape index (κ3) is 6.78. The fourth-order valence-electron chi connectivity index (χ4n) is 3.76. The average Bonchev–Trinajstić information content (AvgIpc) is 2.79. The lowest BCUT2D eigenvalue weighted by Gasteiger charge is -2.23. The van der Waals surface area contributed by atoms with E-state index in [0.29, 0.717) is 18.1 Å². The number of hydrogen-bond acceptors (Lipinski definition) is 5. The van der Waals surface area contributed by atoms with Gasteiger partial charge in [-0.25, -0.2) is 4.98 Å². The van der Waals surface area contributed by atoms with Crippen molar-refractivity contribution in [1.82, 2.24) is 10.3 Å². The highest BCUT2D eigenvalue weighted by Gasteiger charge is 2.17. The van der Waals surface area contributed by atoms with E-state index >= 15 is 0 Å². The molecule has 0 aliphatic carbocycles. The lowest BCUT2D eigenvalue weighted by atomic mass is 9.95. The minimum absolute atomic E-state index is 0.0679. The molecule has 1 aromatic heterocycles. The summed E-state index contributed by atoms with van der Waals surface area (Å²) in [5, 5.41) is 7.52. The first-order valence-corrected chi connectivity index (χ1v) is 11.5. The third-order valence-electron chi connectivity index (χ3n) is 5.43. The Morgan fingerprint density at radius 1 is 1.06 bits per heavy atom. The number of aromatic nitrogens is 1. The van der Waals surface area contributed by atoms with Crippen LogP contribution in [-0.4, -0.2) is 30.0 Å². The Morgan fingerprint density at radius 2 is 1.79 bits per heavy atom. The molecule has 3 rings (SSSR count). The van der Waals surface area contributed by atoms with E-state index in [9.17, 15) is 9.59 Å². The number of aryl methyl sites for hydroxylation is 1. The molecular formula is C27H33N3O3.